The molecule has 154 valence electrons. The topological polar surface area (TPSA) is 75.4 Å². The van der Waals surface area contributed by atoms with Gasteiger partial charge in [-0.2, -0.15) is 0 Å². The molecule has 3 N–H and O–H groups in total. The van der Waals surface area contributed by atoms with Crippen LogP contribution in [0.25, 0.3) is 10.9 Å². The summed E-state index contributed by atoms with van der Waals surface area (Å²) in [7, 11) is 1.66. The number of methoxy groups -OCH3 is 1. The third-order valence-corrected chi connectivity index (χ3v) is 4.54. The first-order valence-electron chi connectivity index (χ1n) is 9.75. The van der Waals surface area contributed by atoms with E-state index in [0.29, 0.717) is 13.1 Å². The first-order chi connectivity index (χ1) is 13.9. The van der Waals surface area contributed by atoms with Crippen molar-refractivity contribution in [1.29, 1.82) is 0 Å². The normalized spacial score (nSPS) is 12.6. The molecule has 1 aromatic heterocycles. The van der Waals surface area contributed by atoms with Gasteiger partial charge < -0.3 is 25.1 Å². The Hall–Kier alpha value is -2.99. The van der Waals surface area contributed by atoms with Crippen LogP contribution in [0.5, 0.6) is 5.75 Å². The molecule has 0 spiro atoms. The molecule has 0 saturated heterocycles. The van der Waals surface area contributed by atoms with Gasteiger partial charge >= 0.3 is 6.09 Å². The highest BCUT2D eigenvalue weighted by atomic mass is 16.6. The first kappa shape index (κ1) is 20.7. The summed E-state index contributed by atoms with van der Waals surface area (Å²) >= 11 is 0. The molecule has 6 heteroatoms. The zero-order chi connectivity index (χ0) is 20.9. The molecule has 3 rings (SSSR count). The first-order valence-corrected chi connectivity index (χ1v) is 9.75. The summed E-state index contributed by atoms with van der Waals surface area (Å²) in [4.78, 5) is 15.5. The molecule has 0 aliphatic rings. The van der Waals surface area contributed by atoms with Gasteiger partial charge in [-0.1, -0.05) is 30.3 Å². The quantitative estimate of drug-likeness (QED) is 0.549. The average Bonchev–Trinajstić information content (AvgIpc) is 3.10. The van der Waals surface area contributed by atoms with Crippen molar-refractivity contribution in [3.63, 3.8) is 0 Å². The van der Waals surface area contributed by atoms with E-state index in [2.05, 4.69) is 27.8 Å². The largest absolute Gasteiger partial charge is 0.497 e. The molecular formula is C23H29N3O3. The number of ether oxygens (including phenoxy) is 2. The molecule has 0 aliphatic carbocycles. The Balaban J connectivity index is 1.81. The second-order valence-corrected chi connectivity index (χ2v) is 7.96. The lowest BCUT2D eigenvalue weighted by Gasteiger charge is -2.23. The Morgan fingerprint density at radius 3 is 2.59 bits per heavy atom. The predicted octanol–water partition coefficient (Wildman–Crippen LogP) is 4.53. The lowest BCUT2D eigenvalue weighted by Crippen LogP contribution is -2.38. The molecule has 2 aromatic carbocycles. The maximum atomic E-state index is 12.2. The highest BCUT2D eigenvalue weighted by Crippen LogP contribution is 2.28. The van der Waals surface area contributed by atoms with Gasteiger partial charge in [0.15, 0.2) is 0 Å². The van der Waals surface area contributed by atoms with E-state index in [4.69, 9.17) is 9.47 Å². The number of benzene rings is 2. The predicted molar refractivity (Wildman–Crippen MR) is 115 cm³/mol. The van der Waals surface area contributed by atoms with E-state index in [1.165, 1.54) is 5.56 Å². The van der Waals surface area contributed by atoms with E-state index in [1.807, 2.05) is 63.4 Å². The van der Waals surface area contributed by atoms with Crippen LogP contribution >= 0.6 is 0 Å². The molecule has 0 aliphatic heterocycles. The number of carbonyl (C=O) groups is 1. The second-order valence-electron chi connectivity index (χ2n) is 7.96. The van der Waals surface area contributed by atoms with Crippen LogP contribution in [0.2, 0.25) is 0 Å². The SMILES string of the molecule is COc1ccc2[nH]cc(C(CNC(=O)OC(C)(C)C)NCc3ccccc3)c2c1. The molecule has 1 heterocycles. The molecule has 0 bridgehead atoms. The fourth-order valence-electron chi connectivity index (χ4n) is 3.17. The minimum atomic E-state index is -0.537. The van der Waals surface area contributed by atoms with Crippen LogP contribution in [-0.4, -0.2) is 30.3 Å². The van der Waals surface area contributed by atoms with Gasteiger partial charge in [0.05, 0.1) is 13.2 Å². The number of nitrogens with one attached hydrogen (secondary N) is 3. The Labute approximate surface area is 171 Å². The van der Waals surface area contributed by atoms with Gasteiger partial charge in [-0.05, 0) is 50.1 Å². The van der Waals surface area contributed by atoms with E-state index < -0.39 is 11.7 Å². The van der Waals surface area contributed by atoms with Crippen molar-refractivity contribution in [2.75, 3.05) is 13.7 Å². The number of amides is 1. The maximum absolute atomic E-state index is 12.2. The number of alkyl carbamates (subject to hydrolysis) is 1. The summed E-state index contributed by atoms with van der Waals surface area (Å²) in [6.45, 7) is 6.63. The van der Waals surface area contributed by atoms with Gasteiger partial charge in [-0.15, -0.1) is 0 Å². The van der Waals surface area contributed by atoms with Crippen LogP contribution in [0.1, 0.15) is 37.9 Å². The molecule has 1 atom stereocenters. The van der Waals surface area contributed by atoms with Gasteiger partial charge in [0, 0.05) is 30.2 Å². The van der Waals surface area contributed by atoms with Crippen molar-refractivity contribution in [2.45, 2.75) is 39.0 Å². The molecule has 0 saturated carbocycles. The minimum absolute atomic E-state index is 0.108. The Bertz CT molecular complexity index is 945. The standard InChI is InChI=1S/C23H29N3O3/c1-23(2,3)29-22(27)26-15-21(24-13-16-8-6-5-7-9-16)19-14-25-20-11-10-17(28-4)12-18(19)20/h5-12,14,21,24-25H,13,15H2,1-4H3,(H,26,27). The highest BCUT2D eigenvalue weighted by molar-refractivity contribution is 5.85. The number of aromatic amines is 1. The van der Waals surface area contributed by atoms with E-state index in [0.717, 1.165) is 22.2 Å². The van der Waals surface area contributed by atoms with E-state index in [1.54, 1.807) is 7.11 Å². The molecule has 3 aromatic rings. The van der Waals surface area contributed by atoms with Gasteiger partial charge in [0.25, 0.3) is 0 Å². The third kappa shape index (κ3) is 5.74. The summed E-state index contributed by atoms with van der Waals surface area (Å²) in [6, 6.07) is 16.0. The molecule has 1 unspecified atom stereocenters. The average molecular weight is 396 g/mol. The molecule has 29 heavy (non-hydrogen) atoms. The smallest absolute Gasteiger partial charge is 0.407 e. The number of hydrogen-bond acceptors (Lipinski definition) is 4. The van der Waals surface area contributed by atoms with Gasteiger partial charge in [-0.3, -0.25) is 0 Å². The Morgan fingerprint density at radius 2 is 1.90 bits per heavy atom. The Kier molecular flexibility index (Phi) is 6.44. The number of aromatic nitrogens is 1. The van der Waals surface area contributed by atoms with Crippen LogP contribution in [0, 0.1) is 0 Å². The van der Waals surface area contributed by atoms with Crippen LogP contribution in [-0.2, 0) is 11.3 Å². The maximum Gasteiger partial charge on any atom is 0.407 e. The number of rotatable bonds is 7. The number of H-pyrrole nitrogens is 1. The minimum Gasteiger partial charge on any atom is -0.497 e. The van der Waals surface area contributed by atoms with Crippen molar-refractivity contribution < 1.29 is 14.3 Å². The molecule has 0 fully saturated rings. The van der Waals surface area contributed by atoms with Crippen LogP contribution in [0.15, 0.2) is 54.7 Å². The van der Waals surface area contributed by atoms with E-state index in [-0.39, 0.29) is 6.04 Å². The summed E-state index contributed by atoms with van der Waals surface area (Å²) in [5, 5.41) is 7.50. The second kappa shape index (κ2) is 9.01. The van der Waals surface area contributed by atoms with Gasteiger partial charge in [0.2, 0.25) is 0 Å². The Morgan fingerprint density at radius 1 is 1.14 bits per heavy atom. The number of carbonyl (C=O) groups excluding carboxylic acids is 1. The van der Waals surface area contributed by atoms with Gasteiger partial charge in [-0.25, -0.2) is 4.79 Å². The lowest BCUT2D eigenvalue weighted by molar-refractivity contribution is 0.0522. The molecule has 1 amide bonds. The number of fused-ring (bicyclic) bond motifs is 1. The summed E-state index contributed by atoms with van der Waals surface area (Å²) in [6.07, 6.45) is 1.55. The summed E-state index contributed by atoms with van der Waals surface area (Å²) in [5.74, 6) is 0.792. The molecular weight excluding hydrogens is 366 g/mol. The molecule has 0 radical (unpaired) electrons. The third-order valence-electron chi connectivity index (χ3n) is 4.54. The van der Waals surface area contributed by atoms with Crippen LogP contribution in [0.4, 0.5) is 4.79 Å². The zero-order valence-corrected chi connectivity index (χ0v) is 17.4. The zero-order valence-electron chi connectivity index (χ0n) is 17.4. The van der Waals surface area contributed by atoms with Crippen LogP contribution < -0.4 is 15.4 Å². The fourth-order valence-corrected chi connectivity index (χ4v) is 3.17. The lowest BCUT2D eigenvalue weighted by atomic mass is 10.0. The number of hydrogen-bond donors (Lipinski definition) is 3. The van der Waals surface area contributed by atoms with Crippen molar-refractivity contribution in [3.05, 3.63) is 65.9 Å². The monoisotopic (exact) mass is 395 g/mol. The fraction of sp³-hybridized carbons (Fsp3) is 0.348. The van der Waals surface area contributed by atoms with Crippen LogP contribution in [0.3, 0.4) is 0 Å². The van der Waals surface area contributed by atoms with Crippen molar-refractivity contribution in [1.82, 2.24) is 15.6 Å². The molecule has 6 nitrogen and oxygen atoms in total. The van der Waals surface area contributed by atoms with Crippen molar-refractivity contribution in [2.24, 2.45) is 0 Å². The van der Waals surface area contributed by atoms with Gasteiger partial charge in [0.1, 0.15) is 11.4 Å². The van der Waals surface area contributed by atoms with Crippen molar-refractivity contribution >= 4 is 17.0 Å². The van der Waals surface area contributed by atoms with Crippen molar-refractivity contribution in [3.8, 4) is 5.75 Å². The highest BCUT2D eigenvalue weighted by Gasteiger charge is 2.20. The van der Waals surface area contributed by atoms with E-state index in [9.17, 15) is 4.79 Å². The summed E-state index contributed by atoms with van der Waals surface area (Å²) in [5.41, 5.74) is 2.72. The summed E-state index contributed by atoms with van der Waals surface area (Å²) < 4.78 is 10.8. The van der Waals surface area contributed by atoms with E-state index >= 15 is 0 Å².